The molecule has 1 atom stereocenters. The zero-order valence-electron chi connectivity index (χ0n) is 12.5. The van der Waals surface area contributed by atoms with Crippen molar-refractivity contribution < 1.29 is 18.3 Å². The first-order valence-corrected chi connectivity index (χ1v) is 9.16. The summed E-state index contributed by atoms with van der Waals surface area (Å²) >= 11 is 1.13. The van der Waals surface area contributed by atoms with Crippen LogP contribution in [0.15, 0.2) is 10.4 Å². The van der Waals surface area contributed by atoms with Crippen LogP contribution in [0.2, 0.25) is 0 Å². The molecule has 0 spiro atoms. The average molecular weight is 334 g/mol. The van der Waals surface area contributed by atoms with Crippen LogP contribution in [-0.4, -0.2) is 31.0 Å². The van der Waals surface area contributed by atoms with Gasteiger partial charge in [-0.15, -0.1) is 11.3 Å². The number of rotatable bonds is 9. The number of carboxylic acid groups (broad SMARTS) is 1. The molecular formula is C13H22N2O4S2. The van der Waals surface area contributed by atoms with Crippen LogP contribution in [-0.2, 0) is 14.8 Å². The molecule has 0 bridgehead atoms. The fourth-order valence-corrected chi connectivity index (χ4v) is 4.24. The number of carbonyl (C=O) groups is 1. The van der Waals surface area contributed by atoms with Crippen LogP contribution in [0.5, 0.6) is 0 Å². The van der Waals surface area contributed by atoms with E-state index in [1.807, 2.05) is 13.8 Å². The van der Waals surface area contributed by atoms with Crippen molar-refractivity contribution in [3.8, 4) is 0 Å². The van der Waals surface area contributed by atoms with Crippen molar-refractivity contribution in [1.82, 2.24) is 9.71 Å². The highest BCUT2D eigenvalue weighted by Gasteiger charge is 2.19. The number of aliphatic carboxylic acids is 1. The Labute approximate surface area is 129 Å². The van der Waals surface area contributed by atoms with Gasteiger partial charge < -0.3 is 5.11 Å². The van der Waals surface area contributed by atoms with Gasteiger partial charge in [0.2, 0.25) is 0 Å². The van der Waals surface area contributed by atoms with Crippen molar-refractivity contribution in [2.75, 3.05) is 6.54 Å². The van der Waals surface area contributed by atoms with E-state index in [-0.39, 0.29) is 16.5 Å². The molecule has 8 heteroatoms. The van der Waals surface area contributed by atoms with E-state index in [0.717, 1.165) is 11.3 Å². The SMILES string of the molecule is Cc1ncc(S(=O)(=O)NCCC(CCC(=O)O)C(C)C)s1. The standard InChI is InChI=1S/C13H22N2O4S2/c1-9(2)11(4-5-12(16)17)6-7-15-21(18,19)13-8-14-10(3)20-13/h8-9,11,15H,4-7H2,1-3H3,(H,16,17). The fraction of sp³-hybridized carbons (Fsp3) is 0.692. The van der Waals surface area contributed by atoms with E-state index in [1.165, 1.54) is 6.20 Å². The van der Waals surface area contributed by atoms with Gasteiger partial charge in [0, 0.05) is 13.0 Å². The summed E-state index contributed by atoms with van der Waals surface area (Å²) in [6, 6.07) is 0. The van der Waals surface area contributed by atoms with Crippen LogP contribution in [0, 0.1) is 18.8 Å². The number of hydrogen-bond donors (Lipinski definition) is 2. The number of nitrogens with one attached hydrogen (secondary N) is 1. The van der Waals surface area contributed by atoms with Gasteiger partial charge in [-0.1, -0.05) is 13.8 Å². The summed E-state index contributed by atoms with van der Waals surface area (Å²) in [5.41, 5.74) is 0. The number of aryl methyl sites for hydroxylation is 1. The van der Waals surface area contributed by atoms with Crippen LogP contribution in [0.1, 0.15) is 38.1 Å². The monoisotopic (exact) mass is 334 g/mol. The van der Waals surface area contributed by atoms with E-state index in [4.69, 9.17) is 5.11 Å². The summed E-state index contributed by atoms with van der Waals surface area (Å²) in [5, 5.41) is 9.44. The van der Waals surface area contributed by atoms with Gasteiger partial charge in [-0.05, 0) is 31.6 Å². The summed E-state index contributed by atoms with van der Waals surface area (Å²) in [6.45, 7) is 6.10. The van der Waals surface area contributed by atoms with Crippen LogP contribution in [0.3, 0.4) is 0 Å². The lowest BCUT2D eigenvalue weighted by atomic mass is 9.88. The van der Waals surface area contributed by atoms with Crippen molar-refractivity contribution in [3.63, 3.8) is 0 Å². The van der Waals surface area contributed by atoms with Crippen molar-refractivity contribution >= 4 is 27.3 Å². The Balaban J connectivity index is 2.51. The third kappa shape index (κ3) is 6.11. The Hall–Kier alpha value is -0.990. The van der Waals surface area contributed by atoms with Gasteiger partial charge in [0.15, 0.2) is 4.21 Å². The summed E-state index contributed by atoms with van der Waals surface area (Å²) in [7, 11) is -3.50. The molecule has 0 saturated carbocycles. The molecular weight excluding hydrogens is 312 g/mol. The lowest BCUT2D eigenvalue weighted by molar-refractivity contribution is -0.137. The van der Waals surface area contributed by atoms with Crippen LogP contribution >= 0.6 is 11.3 Å². The number of sulfonamides is 1. The Morgan fingerprint density at radius 1 is 1.43 bits per heavy atom. The number of nitrogens with zero attached hydrogens (tertiary/aromatic N) is 1. The van der Waals surface area contributed by atoms with Gasteiger partial charge >= 0.3 is 5.97 Å². The van der Waals surface area contributed by atoms with E-state index < -0.39 is 16.0 Å². The molecule has 0 aromatic carbocycles. The molecule has 1 heterocycles. The van der Waals surface area contributed by atoms with Crippen molar-refractivity contribution in [1.29, 1.82) is 0 Å². The zero-order valence-corrected chi connectivity index (χ0v) is 14.1. The summed E-state index contributed by atoms with van der Waals surface area (Å²) in [4.78, 5) is 14.6. The first kappa shape index (κ1) is 18.1. The first-order chi connectivity index (χ1) is 9.72. The normalized spacial score (nSPS) is 13.5. The predicted molar refractivity (Wildman–Crippen MR) is 81.9 cm³/mol. The molecule has 0 aliphatic rings. The Kier molecular flexibility index (Phi) is 6.76. The predicted octanol–water partition coefficient (Wildman–Crippen LogP) is 2.26. The average Bonchev–Trinajstić information content (AvgIpc) is 2.80. The zero-order chi connectivity index (χ0) is 16.0. The van der Waals surface area contributed by atoms with Crippen LogP contribution < -0.4 is 4.72 Å². The maximum Gasteiger partial charge on any atom is 0.303 e. The molecule has 0 aliphatic heterocycles. The minimum atomic E-state index is -3.50. The molecule has 1 aromatic heterocycles. The molecule has 2 N–H and O–H groups in total. The van der Waals surface area contributed by atoms with E-state index in [9.17, 15) is 13.2 Å². The van der Waals surface area contributed by atoms with Crippen molar-refractivity contribution in [2.24, 2.45) is 11.8 Å². The molecule has 0 fully saturated rings. The quantitative estimate of drug-likeness (QED) is 0.722. The molecule has 1 aromatic rings. The van der Waals surface area contributed by atoms with E-state index >= 15 is 0 Å². The second kappa shape index (κ2) is 7.86. The Morgan fingerprint density at radius 2 is 2.10 bits per heavy atom. The molecule has 1 rings (SSSR count). The number of thiazole rings is 1. The first-order valence-electron chi connectivity index (χ1n) is 6.86. The number of hydrogen-bond acceptors (Lipinski definition) is 5. The second-order valence-corrected chi connectivity index (χ2v) is 8.55. The largest absolute Gasteiger partial charge is 0.481 e. The van der Waals surface area contributed by atoms with E-state index in [2.05, 4.69) is 9.71 Å². The molecule has 1 unspecified atom stereocenters. The van der Waals surface area contributed by atoms with E-state index in [1.54, 1.807) is 6.92 Å². The molecule has 0 aliphatic carbocycles. The third-order valence-corrected chi connectivity index (χ3v) is 6.18. The van der Waals surface area contributed by atoms with Crippen molar-refractivity contribution in [2.45, 2.75) is 44.2 Å². The summed E-state index contributed by atoms with van der Waals surface area (Å²) < 4.78 is 26.8. The maximum atomic E-state index is 12.0. The summed E-state index contributed by atoms with van der Waals surface area (Å²) in [6.07, 6.45) is 2.66. The Bertz CT molecular complexity index is 566. The highest BCUT2D eigenvalue weighted by Crippen LogP contribution is 2.22. The smallest absolute Gasteiger partial charge is 0.303 e. The Morgan fingerprint density at radius 3 is 2.57 bits per heavy atom. The maximum absolute atomic E-state index is 12.0. The van der Waals surface area contributed by atoms with Crippen LogP contribution in [0.25, 0.3) is 0 Å². The third-order valence-electron chi connectivity index (χ3n) is 3.34. The molecule has 0 saturated heterocycles. The van der Waals surface area contributed by atoms with Gasteiger partial charge in [-0.25, -0.2) is 18.1 Å². The lowest BCUT2D eigenvalue weighted by Crippen LogP contribution is -2.26. The fourth-order valence-electron chi connectivity index (χ4n) is 2.04. The second-order valence-electron chi connectivity index (χ2n) is 5.32. The van der Waals surface area contributed by atoms with Gasteiger partial charge in [0.25, 0.3) is 10.0 Å². The van der Waals surface area contributed by atoms with Crippen molar-refractivity contribution in [3.05, 3.63) is 11.2 Å². The van der Waals surface area contributed by atoms with Crippen LogP contribution in [0.4, 0.5) is 0 Å². The number of aromatic nitrogens is 1. The highest BCUT2D eigenvalue weighted by molar-refractivity contribution is 7.91. The molecule has 120 valence electrons. The molecule has 21 heavy (non-hydrogen) atoms. The highest BCUT2D eigenvalue weighted by atomic mass is 32.2. The lowest BCUT2D eigenvalue weighted by Gasteiger charge is -2.20. The molecule has 0 amide bonds. The van der Waals surface area contributed by atoms with Gasteiger partial charge in [-0.2, -0.15) is 0 Å². The van der Waals surface area contributed by atoms with Gasteiger partial charge in [-0.3, -0.25) is 4.79 Å². The topological polar surface area (TPSA) is 96.4 Å². The number of carboxylic acids is 1. The summed E-state index contributed by atoms with van der Waals surface area (Å²) in [5.74, 6) is -0.312. The minimum absolute atomic E-state index is 0.115. The van der Waals surface area contributed by atoms with Gasteiger partial charge in [0.1, 0.15) is 0 Å². The molecule has 0 radical (unpaired) electrons. The van der Waals surface area contributed by atoms with E-state index in [0.29, 0.717) is 30.3 Å². The minimum Gasteiger partial charge on any atom is -0.481 e. The van der Waals surface area contributed by atoms with Gasteiger partial charge in [0.05, 0.1) is 11.2 Å². The molecule has 6 nitrogen and oxygen atoms in total.